The maximum atomic E-state index is 5.84. The van der Waals surface area contributed by atoms with Crippen LogP contribution >= 0.6 is 27.3 Å². The van der Waals surface area contributed by atoms with Gasteiger partial charge in [0.1, 0.15) is 10.8 Å². The maximum Gasteiger partial charge on any atom is 0.128 e. The van der Waals surface area contributed by atoms with E-state index in [1.54, 1.807) is 11.3 Å². The van der Waals surface area contributed by atoms with E-state index in [4.69, 9.17) is 10.5 Å². The third-order valence-electron chi connectivity index (χ3n) is 2.43. The summed E-state index contributed by atoms with van der Waals surface area (Å²) in [5.41, 5.74) is 7.75. The third kappa shape index (κ3) is 2.91. The van der Waals surface area contributed by atoms with Crippen LogP contribution in [0.1, 0.15) is 24.9 Å². The molecule has 1 aromatic carbocycles. The van der Waals surface area contributed by atoms with Gasteiger partial charge in [0.25, 0.3) is 0 Å². The zero-order chi connectivity index (χ0) is 13.1. The van der Waals surface area contributed by atoms with E-state index in [1.165, 1.54) is 0 Å². The molecule has 96 valence electrons. The van der Waals surface area contributed by atoms with Crippen molar-refractivity contribution < 1.29 is 4.74 Å². The highest BCUT2D eigenvalue weighted by Crippen LogP contribution is 2.34. The van der Waals surface area contributed by atoms with Gasteiger partial charge in [0.05, 0.1) is 18.3 Å². The summed E-state index contributed by atoms with van der Waals surface area (Å²) in [6, 6.07) is 5.90. The van der Waals surface area contributed by atoms with Crippen LogP contribution in [0, 0.1) is 0 Å². The molecule has 5 heteroatoms. The molecular formula is C13H15BrN2OS. The first kappa shape index (κ1) is 13.5. The average Bonchev–Trinajstić information content (AvgIpc) is 2.81. The van der Waals surface area contributed by atoms with E-state index in [0.29, 0.717) is 6.61 Å². The molecule has 0 saturated carbocycles. The molecule has 0 aliphatic carbocycles. The molecule has 2 rings (SSSR count). The number of nitrogens with two attached hydrogens (primary N) is 1. The number of nitrogens with zero attached hydrogens (tertiary/aromatic N) is 1. The van der Waals surface area contributed by atoms with E-state index < -0.39 is 0 Å². The minimum Gasteiger partial charge on any atom is -0.493 e. The number of aromatic nitrogens is 1. The van der Waals surface area contributed by atoms with Gasteiger partial charge in [-0.05, 0) is 32.0 Å². The van der Waals surface area contributed by atoms with Crippen molar-refractivity contribution in [2.75, 3.05) is 6.61 Å². The minimum atomic E-state index is -0.0357. The predicted molar refractivity (Wildman–Crippen MR) is 79.0 cm³/mol. The van der Waals surface area contributed by atoms with Gasteiger partial charge in [-0.15, -0.1) is 11.3 Å². The molecule has 1 unspecified atom stereocenters. The van der Waals surface area contributed by atoms with Crippen LogP contribution < -0.4 is 10.5 Å². The molecule has 3 nitrogen and oxygen atoms in total. The van der Waals surface area contributed by atoms with Crippen LogP contribution in [0.2, 0.25) is 0 Å². The fraction of sp³-hybridized carbons (Fsp3) is 0.308. The van der Waals surface area contributed by atoms with Crippen LogP contribution in [0.25, 0.3) is 11.3 Å². The number of ether oxygens (including phenoxy) is 1. The molecule has 1 heterocycles. The molecule has 0 aliphatic rings. The van der Waals surface area contributed by atoms with Gasteiger partial charge in [-0.25, -0.2) is 4.98 Å². The second-order valence-electron chi connectivity index (χ2n) is 3.93. The summed E-state index contributed by atoms with van der Waals surface area (Å²) in [6.45, 7) is 4.55. The first-order chi connectivity index (χ1) is 8.61. The van der Waals surface area contributed by atoms with E-state index in [2.05, 4.69) is 20.9 Å². The molecule has 1 aromatic heterocycles. The highest BCUT2D eigenvalue weighted by atomic mass is 79.9. The summed E-state index contributed by atoms with van der Waals surface area (Å²) in [5, 5.41) is 2.95. The fourth-order valence-corrected chi connectivity index (χ4v) is 2.74. The largest absolute Gasteiger partial charge is 0.493 e. The highest BCUT2D eigenvalue weighted by Gasteiger charge is 2.12. The molecule has 0 aliphatic heterocycles. The topological polar surface area (TPSA) is 48.1 Å². The van der Waals surface area contributed by atoms with Gasteiger partial charge in [0.2, 0.25) is 0 Å². The summed E-state index contributed by atoms with van der Waals surface area (Å²) < 4.78 is 6.64. The van der Waals surface area contributed by atoms with Gasteiger partial charge < -0.3 is 10.5 Å². The number of halogens is 1. The van der Waals surface area contributed by atoms with Gasteiger partial charge >= 0.3 is 0 Å². The van der Waals surface area contributed by atoms with Crippen LogP contribution in [-0.4, -0.2) is 11.6 Å². The maximum absolute atomic E-state index is 5.84. The highest BCUT2D eigenvalue weighted by molar-refractivity contribution is 9.10. The van der Waals surface area contributed by atoms with Gasteiger partial charge in [-0.1, -0.05) is 15.9 Å². The summed E-state index contributed by atoms with van der Waals surface area (Å²) in [7, 11) is 0. The van der Waals surface area contributed by atoms with E-state index in [1.807, 2.05) is 37.4 Å². The normalized spacial score (nSPS) is 12.4. The molecule has 0 saturated heterocycles. The van der Waals surface area contributed by atoms with Crippen LogP contribution in [0.4, 0.5) is 0 Å². The van der Waals surface area contributed by atoms with Crippen molar-refractivity contribution in [2.24, 2.45) is 5.73 Å². The molecule has 1 atom stereocenters. The quantitative estimate of drug-likeness (QED) is 0.924. The van der Waals surface area contributed by atoms with Crippen LogP contribution in [0.5, 0.6) is 5.75 Å². The fourth-order valence-electron chi connectivity index (χ4n) is 1.60. The Morgan fingerprint density at radius 1 is 1.50 bits per heavy atom. The van der Waals surface area contributed by atoms with E-state index in [9.17, 15) is 0 Å². The Morgan fingerprint density at radius 3 is 2.89 bits per heavy atom. The number of benzene rings is 1. The molecule has 18 heavy (non-hydrogen) atoms. The van der Waals surface area contributed by atoms with Gasteiger partial charge in [-0.3, -0.25) is 0 Å². The van der Waals surface area contributed by atoms with Crippen molar-refractivity contribution in [2.45, 2.75) is 19.9 Å². The van der Waals surface area contributed by atoms with Crippen LogP contribution in [-0.2, 0) is 0 Å². The van der Waals surface area contributed by atoms with Gasteiger partial charge in [-0.2, -0.15) is 0 Å². The molecular weight excluding hydrogens is 312 g/mol. The Balaban J connectivity index is 2.44. The van der Waals surface area contributed by atoms with Crippen molar-refractivity contribution >= 4 is 27.3 Å². The monoisotopic (exact) mass is 326 g/mol. The Morgan fingerprint density at radius 2 is 2.28 bits per heavy atom. The Bertz CT molecular complexity index is 540. The summed E-state index contributed by atoms with van der Waals surface area (Å²) in [4.78, 5) is 4.56. The first-order valence-corrected chi connectivity index (χ1v) is 7.42. The second kappa shape index (κ2) is 5.82. The SMILES string of the molecule is CCOc1ccc(Br)cc1-c1csc(C(C)N)n1. The van der Waals surface area contributed by atoms with E-state index >= 15 is 0 Å². The number of thiazole rings is 1. The molecule has 2 aromatic rings. The summed E-state index contributed by atoms with van der Waals surface area (Å²) >= 11 is 5.05. The number of hydrogen-bond acceptors (Lipinski definition) is 4. The van der Waals surface area contributed by atoms with Crippen molar-refractivity contribution in [3.8, 4) is 17.0 Å². The smallest absolute Gasteiger partial charge is 0.128 e. The van der Waals surface area contributed by atoms with Crippen molar-refractivity contribution in [1.29, 1.82) is 0 Å². The molecule has 0 bridgehead atoms. The Kier molecular flexibility index (Phi) is 4.37. The molecule has 0 radical (unpaired) electrons. The minimum absolute atomic E-state index is 0.0357. The van der Waals surface area contributed by atoms with Crippen LogP contribution in [0.15, 0.2) is 28.1 Å². The lowest BCUT2D eigenvalue weighted by atomic mass is 10.1. The van der Waals surface area contributed by atoms with Gasteiger partial charge in [0.15, 0.2) is 0 Å². The van der Waals surface area contributed by atoms with Crippen molar-refractivity contribution in [3.63, 3.8) is 0 Å². The molecule has 0 amide bonds. The molecule has 0 fully saturated rings. The van der Waals surface area contributed by atoms with Crippen molar-refractivity contribution in [1.82, 2.24) is 4.98 Å². The third-order valence-corrected chi connectivity index (χ3v) is 3.97. The zero-order valence-electron chi connectivity index (χ0n) is 10.3. The van der Waals surface area contributed by atoms with Gasteiger partial charge in [0, 0.05) is 15.4 Å². The zero-order valence-corrected chi connectivity index (χ0v) is 12.7. The Labute approximate surface area is 119 Å². The summed E-state index contributed by atoms with van der Waals surface area (Å²) in [6.07, 6.45) is 0. The predicted octanol–water partition coefficient (Wildman–Crippen LogP) is 3.99. The first-order valence-electron chi connectivity index (χ1n) is 5.75. The van der Waals surface area contributed by atoms with Crippen LogP contribution in [0.3, 0.4) is 0 Å². The lowest BCUT2D eigenvalue weighted by Gasteiger charge is -2.08. The average molecular weight is 327 g/mol. The lowest BCUT2D eigenvalue weighted by Crippen LogP contribution is -2.04. The van der Waals surface area contributed by atoms with Crippen molar-refractivity contribution in [3.05, 3.63) is 33.1 Å². The lowest BCUT2D eigenvalue weighted by molar-refractivity contribution is 0.341. The molecule has 0 spiro atoms. The molecule has 2 N–H and O–H groups in total. The van der Waals surface area contributed by atoms with E-state index in [-0.39, 0.29) is 6.04 Å². The van der Waals surface area contributed by atoms with E-state index in [0.717, 1.165) is 26.5 Å². The second-order valence-corrected chi connectivity index (χ2v) is 5.74. The number of hydrogen-bond donors (Lipinski definition) is 1. The summed E-state index contributed by atoms with van der Waals surface area (Å²) in [5.74, 6) is 0.849. The Hall–Kier alpha value is -0.910. The standard InChI is InChI=1S/C13H15BrN2OS/c1-3-17-12-5-4-9(14)6-10(12)11-7-18-13(16-11)8(2)15/h4-8H,3,15H2,1-2H3. The number of rotatable bonds is 4.